The lowest BCUT2D eigenvalue weighted by Crippen LogP contribution is -2.32. The average molecular weight is 400 g/mol. The maximum atomic E-state index is 12.6. The molecule has 0 aliphatic carbocycles. The Morgan fingerprint density at radius 3 is 2.46 bits per heavy atom. The molecular formula is C17H22ClN3O4S. The van der Waals surface area contributed by atoms with E-state index in [1.54, 1.807) is 13.8 Å². The van der Waals surface area contributed by atoms with E-state index in [0.717, 1.165) is 0 Å². The number of hydrogen-bond acceptors (Lipinski definition) is 4. The van der Waals surface area contributed by atoms with E-state index in [2.05, 4.69) is 16.6 Å². The minimum absolute atomic E-state index is 0.0436. The molecule has 0 saturated heterocycles. The van der Waals surface area contributed by atoms with E-state index in [9.17, 15) is 18.0 Å². The van der Waals surface area contributed by atoms with Crippen molar-refractivity contribution in [3.05, 3.63) is 28.8 Å². The van der Waals surface area contributed by atoms with Crippen molar-refractivity contribution in [2.45, 2.75) is 25.2 Å². The second-order valence-electron chi connectivity index (χ2n) is 5.22. The van der Waals surface area contributed by atoms with Crippen LogP contribution in [0.4, 0.5) is 0 Å². The fraction of sp³-hybridized carbons (Fsp3) is 0.412. The topological polar surface area (TPSA) is 95.6 Å². The maximum Gasteiger partial charge on any atom is 0.251 e. The second-order valence-corrected chi connectivity index (χ2v) is 7.53. The fourth-order valence-corrected chi connectivity index (χ4v) is 4.13. The number of halogens is 1. The lowest BCUT2D eigenvalue weighted by Gasteiger charge is -2.19. The number of carbonyl (C=O) groups is 2. The third-order valence-corrected chi connectivity index (χ3v) is 6.07. The Bertz CT molecular complexity index is 799. The highest BCUT2D eigenvalue weighted by Gasteiger charge is 2.25. The van der Waals surface area contributed by atoms with Crippen molar-refractivity contribution in [2.75, 3.05) is 26.2 Å². The van der Waals surface area contributed by atoms with E-state index in [4.69, 9.17) is 18.0 Å². The summed E-state index contributed by atoms with van der Waals surface area (Å²) in [5.41, 5.74) is 0.143. The first-order chi connectivity index (χ1) is 12.3. The predicted octanol–water partition coefficient (Wildman–Crippen LogP) is 1.24. The zero-order valence-electron chi connectivity index (χ0n) is 14.7. The van der Waals surface area contributed by atoms with Gasteiger partial charge < -0.3 is 10.6 Å². The number of terminal acetylenes is 1. The molecule has 0 fully saturated rings. The van der Waals surface area contributed by atoms with Gasteiger partial charge in [0.1, 0.15) is 4.90 Å². The first kappa shape index (κ1) is 22.0. The quantitative estimate of drug-likeness (QED) is 0.611. The molecule has 0 spiro atoms. The molecule has 0 aliphatic rings. The van der Waals surface area contributed by atoms with Gasteiger partial charge >= 0.3 is 0 Å². The molecule has 0 bridgehead atoms. The summed E-state index contributed by atoms with van der Waals surface area (Å²) < 4.78 is 26.5. The Labute approximate surface area is 159 Å². The third-order valence-electron chi connectivity index (χ3n) is 3.54. The van der Waals surface area contributed by atoms with Crippen LogP contribution in [-0.2, 0) is 14.8 Å². The Morgan fingerprint density at radius 1 is 1.23 bits per heavy atom. The van der Waals surface area contributed by atoms with Crippen LogP contribution in [0.3, 0.4) is 0 Å². The summed E-state index contributed by atoms with van der Waals surface area (Å²) in [4.78, 5) is 23.5. The number of sulfonamides is 1. The Morgan fingerprint density at radius 2 is 1.88 bits per heavy atom. The molecule has 0 heterocycles. The summed E-state index contributed by atoms with van der Waals surface area (Å²) in [6.07, 6.45) is 5.10. The van der Waals surface area contributed by atoms with Gasteiger partial charge in [0.2, 0.25) is 15.9 Å². The highest BCUT2D eigenvalue weighted by Crippen LogP contribution is 2.25. The maximum absolute atomic E-state index is 12.6. The van der Waals surface area contributed by atoms with Gasteiger partial charge in [0.05, 0.1) is 11.6 Å². The van der Waals surface area contributed by atoms with Gasteiger partial charge in [0.15, 0.2) is 0 Å². The lowest BCUT2D eigenvalue weighted by molar-refractivity contribution is -0.120. The highest BCUT2D eigenvalue weighted by atomic mass is 35.5. The summed E-state index contributed by atoms with van der Waals surface area (Å²) >= 11 is 6.03. The molecule has 0 atom stereocenters. The zero-order chi connectivity index (χ0) is 19.7. The normalized spacial score (nSPS) is 11.0. The summed E-state index contributed by atoms with van der Waals surface area (Å²) in [6, 6.07) is 4.04. The molecule has 1 rings (SSSR count). The summed E-state index contributed by atoms with van der Waals surface area (Å²) in [6.45, 7) is 4.23. The van der Waals surface area contributed by atoms with Gasteiger partial charge in [-0.2, -0.15) is 4.31 Å². The minimum Gasteiger partial charge on any atom is -0.352 e. The van der Waals surface area contributed by atoms with E-state index in [1.165, 1.54) is 22.5 Å². The molecule has 1 aromatic rings. The van der Waals surface area contributed by atoms with Crippen molar-refractivity contribution in [1.82, 2.24) is 14.9 Å². The molecule has 0 unspecified atom stereocenters. The molecule has 2 amide bonds. The van der Waals surface area contributed by atoms with Gasteiger partial charge in [-0.15, -0.1) is 6.42 Å². The van der Waals surface area contributed by atoms with Crippen LogP contribution < -0.4 is 10.6 Å². The molecule has 7 nitrogen and oxygen atoms in total. The van der Waals surface area contributed by atoms with Crippen molar-refractivity contribution < 1.29 is 18.0 Å². The van der Waals surface area contributed by atoms with Gasteiger partial charge in [-0.3, -0.25) is 9.59 Å². The molecule has 2 N–H and O–H groups in total. The number of carbonyl (C=O) groups excluding carboxylic acids is 2. The van der Waals surface area contributed by atoms with E-state index < -0.39 is 15.9 Å². The largest absolute Gasteiger partial charge is 0.352 e. The van der Waals surface area contributed by atoms with E-state index >= 15 is 0 Å². The first-order valence-corrected chi connectivity index (χ1v) is 9.87. The first-order valence-electron chi connectivity index (χ1n) is 8.05. The Kier molecular flexibility index (Phi) is 8.58. The van der Waals surface area contributed by atoms with Crippen molar-refractivity contribution in [1.29, 1.82) is 0 Å². The van der Waals surface area contributed by atoms with Crippen LogP contribution in [0.15, 0.2) is 23.1 Å². The molecule has 0 radical (unpaired) electrons. The molecule has 9 heteroatoms. The van der Waals surface area contributed by atoms with Gasteiger partial charge in [-0.25, -0.2) is 8.42 Å². The molecule has 0 aromatic heterocycles. The number of rotatable bonds is 9. The van der Waals surface area contributed by atoms with E-state index in [1.807, 2.05) is 0 Å². The van der Waals surface area contributed by atoms with Crippen molar-refractivity contribution in [3.8, 4) is 12.3 Å². The van der Waals surface area contributed by atoms with Gasteiger partial charge in [0, 0.05) is 31.6 Å². The number of nitrogens with one attached hydrogen (secondary N) is 2. The monoisotopic (exact) mass is 399 g/mol. The van der Waals surface area contributed by atoms with E-state index in [0.29, 0.717) is 13.1 Å². The van der Waals surface area contributed by atoms with Crippen molar-refractivity contribution in [2.24, 2.45) is 0 Å². The van der Waals surface area contributed by atoms with Crippen LogP contribution in [-0.4, -0.2) is 50.7 Å². The standard InChI is InChI=1S/C17H22ClN3O4S/c1-4-10-19-16(22)9-11-20-17(23)13-7-8-14(18)15(12-13)26(24,25)21(5-2)6-3/h1,7-8,12H,5-6,9-11H2,2-3H3,(H,19,22)(H,20,23). The van der Waals surface area contributed by atoms with Gasteiger partial charge in [-0.1, -0.05) is 31.4 Å². The fourth-order valence-electron chi connectivity index (χ4n) is 2.17. The zero-order valence-corrected chi connectivity index (χ0v) is 16.3. The molecule has 142 valence electrons. The van der Waals surface area contributed by atoms with E-state index in [-0.39, 0.29) is 40.9 Å². The van der Waals surface area contributed by atoms with Crippen LogP contribution in [0.25, 0.3) is 0 Å². The van der Waals surface area contributed by atoms with Gasteiger partial charge in [-0.05, 0) is 18.2 Å². The molecular weight excluding hydrogens is 378 g/mol. The van der Waals surface area contributed by atoms with Gasteiger partial charge in [0.25, 0.3) is 5.91 Å². The Balaban J connectivity index is 2.88. The molecule has 0 aliphatic heterocycles. The van der Waals surface area contributed by atoms with Crippen LogP contribution in [0.1, 0.15) is 30.6 Å². The van der Waals surface area contributed by atoms with Crippen LogP contribution in [0, 0.1) is 12.3 Å². The Hall–Kier alpha value is -2.08. The summed E-state index contributed by atoms with van der Waals surface area (Å²) in [5.74, 6) is 1.49. The number of benzene rings is 1. The SMILES string of the molecule is C#CCNC(=O)CCNC(=O)c1ccc(Cl)c(S(=O)(=O)N(CC)CC)c1. The highest BCUT2D eigenvalue weighted by molar-refractivity contribution is 7.89. The van der Waals surface area contributed by atoms with Crippen molar-refractivity contribution >= 4 is 33.4 Å². The number of hydrogen-bond donors (Lipinski definition) is 2. The second kappa shape index (κ2) is 10.2. The molecule has 26 heavy (non-hydrogen) atoms. The number of amides is 2. The summed E-state index contributed by atoms with van der Waals surface area (Å²) in [5, 5.41) is 5.08. The number of nitrogens with zero attached hydrogens (tertiary/aromatic N) is 1. The van der Waals surface area contributed by atoms with Crippen molar-refractivity contribution in [3.63, 3.8) is 0 Å². The average Bonchev–Trinajstić information content (AvgIpc) is 2.60. The van der Waals surface area contributed by atoms with Crippen LogP contribution in [0.2, 0.25) is 5.02 Å². The predicted molar refractivity (Wildman–Crippen MR) is 100 cm³/mol. The minimum atomic E-state index is -3.79. The van der Waals surface area contributed by atoms with Crippen LogP contribution in [0.5, 0.6) is 0 Å². The summed E-state index contributed by atoms with van der Waals surface area (Å²) in [7, 11) is -3.79. The molecule has 1 aromatic carbocycles. The molecule has 0 saturated carbocycles. The third kappa shape index (κ3) is 5.73. The smallest absolute Gasteiger partial charge is 0.251 e. The van der Waals surface area contributed by atoms with Crippen LogP contribution >= 0.6 is 11.6 Å². The lowest BCUT2D eigenvalue weighted by atomic mass is 10.2.